The van der Waals surface area contributed by atoms with Crippen molar-refractivity contribution < 1.29 is 9.59 Å². The number of para-hydroxylation sites is 1. The summed E-state index contributed by atoms with van der Waals surface area (Å²) in [6.45, 7) is 1.45. The van der Waals surface area contributed by atoms with Gasteiger partial charge in [-0.1, -0.05) is 30.0 Å². The summed E-state index contributed by atoms with van der Waals surface area (Å²) in [6, 6.07) is 15.5. The van der Waals surface area contributed by atoms with Crippen LogP contribution in [-0.4, -0.2) is 37.2 Å². The Hall–Kier alpha value is -3.39. The number of hydrogen-bond acceptors (Lipinski definition) is 5. The van der Waals surface area contributed by atoms with E-state index in [2.05, 4.69) is 31.1 Å². The van der Waals surface area contributed by atoms with Crippen LogP contribution < -0.4 is 5.32 Å². The average molecular weight is 432 g/mol. The number of aromatic amines is 1. The molecule has 1 fully saturated rings. The first-order valence-corrected chi connectivity index (χ1v) is 11.1. The number of amides is 1. The number of nitrogens with one attached hydrogen (secondary N) is 2. The quantitative estimate of drug-likeness (QED) is 0.327. The fraction of sp³-hybridized carbons (Fsp3) is 0.217. The summed E-state index contributed by atoms with van der Waals surface area (Å²) >= 11 is 1.42. The molecule has 2 aromatic carbocycles. The number of rotatable bonds is 7. The second kappa shape index (κ2) is 8.03. The molecule has 4 aromatic rings. The molecule has 0 saturated heterocycles. The van der Waals surface area contributed by atoms with Crippen molar-refractivity contribution in [1.82, 2.24) is 19.7 Å². The van der Waals surface area contributed by atoms with Gasteiger partial charge in [-0.25, -0.2) is 0 Å². The molecule has 2 N–H and O–H groups in total. The molecule has 0 aliphatic heterocycles. The van der Waals surface area contributed by atoms with E-state index in [-0.39, 0.29) is 17.4 Å². The number of thioether (sulfide) groups is 1. The summed E-state index contributed by atoms with van der Waals surface area (Å²) in [5.41, 5.74) is 3.38. The molecular formula is C23H21N5O2S. The largest absolute Gasteiger partial charge is 0.360 e. The van der Waals surface area contributed by atoms with Gasteiger partial charge in [0.1, 0.15) is 0 Å². The van der Waals surface area contributed by atoms with Gasteiger partial charge in [0.15, 0.2) is 16.8 Å². The van der Waals surface area contributed by atoms with Crippen molar-refractivity contribution in [1.29, 1.82) is 0 Å². The van der Waals surface area contributed by atoms with E-state index < -0.39 is 0 Å². The number of carbonyl (C=O) groups excluding carboxylic acids is 2. The van der Waals surface area contributed by atoms with Gasteiger partial charge < -0.3 is 10.3 Å². The molecule has 1 saturated carbocycles. The van der Waals surface area contributed by atoms with Crippen LogP contribution in [0.1, 0.15) is 36.2 Å². The third-order valence-corrected chi connectivity index (χ3v) is 6.21. The molecule has 0 unspecified atom stereocenters. The maximum atomic E-state index is 12.7. The Morgan fingerprint density at radius 3 is 2.65 bits per heavy atom. The lowest BCUT2D eigenvalue weighted by atomic mass is 10.1. The molecule has 1 aliphatic carbocycles. The van der Waals surface area contributed by atoms with Gasteiger partial charge >= 0.3 is 0 Å². The Morgan fingerprint density at radius 1 is 1.13 bits per heavy atom. The summed E-state index contributed by atoms with van der Waals surface area (Å²) in [5, 5.41) is 13.5. The van der Waals surface area contributed by atoms with Crippen LogP contribution in [0.2, 0.25) is 0 Å². The molecule has 7 nitrogen and oxygen atoms in total. The lowest BCUT2D eigenvalue weighted by molar-refractivity contribution is -0.114. The van der Waals surface area contributed by atoms with Gasteiger partial charge in [0.2, 0.25) is 5.91 Å². The van der Waals surface area contributed by atoms with Crippen LogP contribution in [0.15, 0.2) is 59.9 Å². The molecule has 1 amide bonds. The van der Waals surface area contributed by atoms with E-state index in [1.165, 1.54) is 18.7 Å². The second-order valence-corrected chi connectivity index (χ2v) is 8.57. The first kappa shape index (κ1) is 19.6. The predicted molar refractivity (Wildman–Crippen MR) is 121 cm³/mol. The second-order valence-electron chi connectivity index (χ2n) is 7.63. The number of benzene rings is 2. The van der Waals surface area contributed by atoms with Crippen LogP contribution in [0.4, 0.5) is 5.69 Å². The van der Waals surface area contributed by atoms with Gasteiger partial charge in [0, 0.05) is 46.9 Å². The number of fused-ring (bicyclic) bond motifs is 1. The van der Waals surface area contributed by atoms with Gasteiger partial charge in [0.25, 0.3) is 0 Å². The third-order valence-electron chi connectivity index (χ3n) is 5.27. The highest BCUT2D eigenvalue weighted by molar-refractivity contribution is 7.99. The number of carbonyl (C=O) groups is 2. The molecule has 0 radical (unpaired) electrons. The zero-order valence-electron chi connectivity index (χ0n) is 17.0. The standard InChI is InChI=1S/C23H21N5O2S/c1-14(29)25-16-8-6-15(7-9-16)21(30)13-31-23-27-26-22(28(23)17-10-11-17)19-12-24-20-5-3-2-4-18(19)20/h2-9,12,17,24H,10-11,13H2,1H3,(H,25,29). The molecule has 2 aromatic heterocycles. The zero-order chi connectivity index (χ0) is 21.4. The van der Waals surface area contributed by atoms with Crippen LogP contribution in [0.25, 0.3) is 22.3 Å². The molecule has 5 rings (SSSR count). The van der Waals surface area contributed by atoms with Crippen LogP contribution >= 0.6 is 11.8 Å². The highest BCUT2D eigenvalue weighted by Crippen LogP contribution is 2.42. The number of aromatic nitrogens is 4. The van der Waals surface area contributed by atoms with Gasteiger partial charge in [-0.3, -0.25) is 14.2 Å². The first-order valence-electron chi connectivity index (χ1n) is 10.1. The molecule has 0 spiro atoms. The Balaban J connectivity index is 1.36. The summed E-state index contributed by atoms with van der Waals surface area (Å²) in [5.74, 6) is 0.992. The lowest BCUT2D eigenvalue weighted by Gasteiger charge is -2.08. The fourth-order valence-electron chi connectivity index (χ4n) is 3.63. The Morgan fingerprint density at radius 2 is 1.90 bits per heavy atom. The van der Waals surface area contributed by atoms with Crippen molar-refractivity contribution in [2.24, 2.45) is 0 Å². The number of ketones is 1. The number of anilines is 1. The van der Waals surface area contributed by atoms with Gasteiger partial charge in [-0.2, -0.15) is 0 Å². The third kappa shape index (κ3) is 3.98. The highest BCUT2D eigenvalue weighted by atomic mass is 32.2. The number of Topliss-reactive ketones (excluding diaryl/α,β-unsaturated/α-hetero) is 1. The van der Waals surface area contributed by atoms with E-state index in [0.29, 0.717) is 17.3 Å². The summed E-state index contributed by atoms with van der Waals surface area (Å²) in [7, 11) is 0. The van der Waals surface area contributed by atoms with Crippen LogP contribution in [-0.2, 0) is 4.79 Å². The number of H-pyrrole nitrogens is 1. The van der Waals surface area contributed by atoms with E-state index in [9.17, 15) is 9.59 Å². The highest BCUT2D eigenvalue weighted by Gasteiger charge is 2.31. The van der Waals surface area contributed by atoms with E-state index >= 15 is 0 Å². The molecule has 2 heterocycles. The van der Waals surface area contributed by atoms with Crippen molar-refractivity contribution in [3.8, 4) is 11.4 Å². The van der Waals surface area contributed by atoms with Gasteiger partial charge in [-0.15, -0.1) is 10.2 Å². The molecule has 1 aliphatic rings. The minimum absolute atomic E-state index is 0.0124. The molecule has 0 atom stereocenters. The Kier molecular flexibility index (Phi) is 5.07. The lowest BCUT2D eigenvalue weighted by Crippen LogP contribution is -2.07. The molecule has 0 bridgehead atoms. The monoisotopic (exact) mass is 431 g/mol. The number of nitrogens with zero attached hydrogens (tertiary/aromatic N) is 3. The van der Waals surface area contributed by atoms with Crippen molar-refractivity contribution in [2.45, 2.75) is 31.0 Å². The van der Waals surface area contributed by atoms with E-state index in [1.54, 1.807) is 24.3 Å². The Bertz CT molecular complexity index is 1270. The van der Waals surface area contributed by atoms with Crippen LogP contribution in [0.3, 0.4) is 0 Å². The SMILES string of the molecule is CC(=O)Nc1ccc(C(=O)CSc2nnc(-c3c[nH]c4ccccc34)n2C2CC2)cc1. The Labute approximate surface area is 183 Å². The topological polar surface area (TPSA) is 92.7 Å². The van der Waals surface area contributed by atoms with Crippen molar-refractivity contribution in [3.63, 3.8) is 0 Å². The summed E-state index contributed by atoms with van der Waals surface area (Å²) < 4.78 is 2.17. The summed E-state index contributed by atoms with van der Waals surface area (Å²) in [4.78, 5) is 27.1. The van der Waals surface area contributed by atoms with E-state index in [4.69, 9.17) is 0 Å². The van der Waals surface area contributed by atoms with E-state index in [0.717, 1.165) is 40.3 Å². The zero-order valence-corrected chi connectivity index (χ0v) is 17.8. The minimum atomic E-state index is -0.139. The molecule has 31 heavy (non-hydrogen) atoms. The maximum Gasteiger partial charge on any atom is 0.221 e. The first-order chi connectivity index (χ1) is 15.1. The molecular weight excluding hydrogens is 410 g/mol. The van der Waals surface area contributed by atoms with Crippen molar-refractivity contribution in [2.75, 3.05) is 11.1 Å². The van der Waals surface area contributed by atoms with Gasteiger partial charge in [-0.05, 0) is 43.2 Å². The smallest absolute Gasteiger partial charge is 0.221 e. The maximum absolute atomic E-state index is 12.7. The minimum Gasteiger partial charge on any atom is -0.360 e. The average Bonchev–Trinajstić information content (AvgIpc) is 3.38. The molecule has 156 valence electrons. The summed E-state index contributed by atoms with van der Waals surface area (Å²) in [6.07, 6.45) is 4.17. The van der Waals surface area contributed by atoms with Crippen molar-refractivity contribution >= 4 is 40.0 Å². The van der Waals surface area contributed by atoms with Crippen LogP contribution in [0, 0.1) is 0 Å². The normalized spacial score (nSPS) is 13.5. The predicted octanol–water partition coefficient (Wildman–Crippen LogP) is 4.69. The van der Waals surface area contributed by atoms with Gasteiger partial charge in [0.05, 0.1) is 5.75 Å². The van der Waals surface area contributed by atoms with Crippen molar-refractivity contribution in [3.05, 3.63) is 60.3 Å². The van der Waals surface area contributed by atoms with E-state index in [1.807, 2.05) is 24.4 Å². The van der Waals surface area contributed by atoms with Crippen LogP contribution in [0.5, 0.6) is 0 Å². The number of hydrogen-bond donors (Lipinski definition) is 2. The fourth-order valence-corrected chi connectivity index (χ4v) is 4.53. The molecule has 8 heteroatoms.